The van der Waals surface area contributed by atoms with E-state index < -0.39 is 10.0 Å². The Morgan fingerprint density at radius 3 is 2.50 bits per heavy atom. The largest absolute Gasteiger partial charge is 0.355 e. The van der Waals surface area contributed by atoms with E-state index in [4.69, 9.17) is 0 Å². The van der Waals surface area contributed by atoms with Gasteiger partial charge in [-0.05, 0) is 25.3 Å². The Labute approximate surface area is 133 Å². The van der Waals surface area contributed by atoms with Crippen molar-refractivity contribution in [2.24, 2.45) is 4.99 Å². The zero-order valence-corrected chi connectivity index (χ0v) is 14.3. The second-order valence-corrected chi connectivity index (χ2v) is 7.07. The fraction of sp³-hybridized carbons (Fsp3) is 0.533. The Hall–Kier alpha value is -1.60. The van der Waals surface area contributed by atoms with Crippen molar-refractivity contribution in [1.29, 1.82) is 0 Å². The van der Waals surface area contributed by atoms with Crippen LogP contribution in [0, 0.1) is 0 Å². The molecule has 124 valence electrons. The molecule has 1 aromatic rings. The molecule has 0 spiro atoms. The number of sulfonamides is 1. The summed E-state index contributed by atoms with van der Waals surface area (Å²) >= 11 is 0. The van der Waals surface area contributed by atoms with Gasteiger partial charge in [-0.3, -0.25) is 4.99 Å². The summed E-state index contributed by atoms with van der Waals surface area (Å²) in [6.45, 7) is 2.92. The Bertz CT molecular complexity index is 558. The van der Waals surface area contributed by atoms with Crippen LogP contribution >= 0.6 is 0 Å². The highest BCUT2D eigenvalue weighted by atomic mass is 32.2. The first-order chi connectivity index (χ1) is 10.4. The summed E-state index contributed by atoms with van der Waals surface area (Å²) in [6, 6.07) is 10.6. The number of hydrogen-bond acceptors (Lipinski definition) is 3. The molecule has 0 amide bonds. The van der Waals surface area contributed by atoms with Gasteiger partial charge in [0.05, 0.1) is 6.26 Å². The molecule has 0 aliphatic heterocycles. The van der Waals surface area contributed by atoms with Crippen LogP contribution in [0.2, 0.25) is 0 Å². The number of nitrogens with zero attached hydrogens (tertiary/aromatic N) is 1. The average Bonchev–Trinajstić information content (AvgIpc) is 2.48. The molecule has 6 nitrogen and oxygen atoms in total. The highest BCUT2D eigenvalue weighted by molar-refractivity contribution is 7.88. The summed E-state index contributed by atoms with van der Waals surface area (Å²) < 4.78 is 24.3. The number of hydrogen-bond donors (Lipinski definition) is 3. The van der Waals surface area contributed by atoms with E-state index in [1.165, 1.54) is 5.56 Å². The maximum absolute atomic E-state index is 11.0. The monoisotopic (exact) mass is 326 g/mol. The Morgan fingerprint density at radius 2 is 1.91 bits per heavy atom. The van der Waals surface area contributed by atoms with Crippen LogP contribution in [0.15, 0.2) is 35.3 Å². The zero-order chi connectivity index (χ0) is 16.4. The van der Waals surface area contributed by atoms with Crippen LogP contribution in [-0.2, 0) is 16.4 Å². The van der Waals surface area contributed by atoms with Gasteiger partial charge in [-0.15, -0.1) is 0 Å². The lowest BCUT2D eigenvalue weighted by atomic mass is 10.1. The number of rotatable bonds is 8. The van der Waals surface area contributed by atoms with E-state index in [0.29, 0.717) is 19.0 Å². The molecule has 0 saturated carbocycles. The van der Waals surface area contributed by atoms with E-state index in [1.54, 1.807) is 7.05 Å². The van der Waals surface area contributed by atoms with Crippen LogP contribution in [0.3, 0.4) is 0 Å². The van der Waals surface area contributed by atoms with Crippen molar-refractivity contribution in [1.82, 2.24) is 15.4 Å². The van der Waals surface area contributed by atoms with Crippen molar-refractivity contribution in [3.8, 4) is 0 Å². The molecule has 3 N–H and O–H groups in total. The van der Waals surface area contributed by atoms with Gasteiger partial charge < -0.3 is 10.6 Å². The number of guanidine groups is 1. The van der Waals surface area contributed by atoms with Crippen LogP contribution in [0.1, 0.15) is 18.9 Å². The summed E-state index contributed by atoms with van der Waals surface area (Å²) in [5.74, 6) is 0.677. The SMILES string of the molecule is CN=C(NCCNS(C)(=O)=O)NC(C)CCc1ccccc1. The minimum absolute atomic E-state index is 0.272. The maximum atomic E-state index is 11.0. The third-order valence-corrected chi connectivity index (χ3v) is 3.83. The molecule has 1 atom stereocenters. The lowest BCUT2D eigenvalue weighted by molar-refractivity contribution is 0.581. The number of aliphatic imine (C=N–C) groups is 1. The van der Waals surface area contributed by atoms with Crippen LogP contribution in [0.5, 0.6) is 0 Å². The average molecular weight is 326 g/mol. The van der Waals surface area contributed by atoms with Crippen molar-refractivity contribution in [2.75, 3.05) is 26.4 Å². The summed E-state index contributed by atoms with van der Waals surface area (Å²) in [5.41, 5.74) is 1.32. The van der Waals surface area contributed by atoms with E-state index in [2.05, 4.69) is 39.4 Å². The lowest BCUT2D eigenvalue weighted by Crippen LogP contribution is -2.44. The van der Waals surface area contributed by atoms with E-state index in [9.17, 15) is 8.42 Å². The molecule has 22 heavy (non-hydrogen) atoms. The summed E-state index contributed by atoms with van der Waals surface area (Å²) in [5, 5.41) is 6.38. The van der Waals surface area contributed by atoms with Crippen LogP contribution < -0.4 is 15.4 Å². The highest BCUT2D eigenvalue weighted by Crippen LogP contribution is 2.04. The van der Waals surface area contributed by atoms with Crippen molar-refractivity contribution < 1.29 is 8.42 Å². The predicted octanol–water partition coefficient (Wildman–Crippen LogP) is 0.722. The Morgan fingerprint density at radius 1 is 1.23 bits per heavy atom. The molecule has 1 unspecified atom stereocenters. The quantitative estimate of drug-likeness (QED) is 0.373. The molecule has 1 rings (SSSR count). The smallest absolute Gasteiger partial charge is 0.208 e. The third kappa shape index (κ3) is 8.63. The Balaban J connectivity index is 2.27. The lowest BCUT2D eigenvalue weighted by Gasteiger charge is -2.18. The number of benzene rings is 1. The number of nitrogens with one attached hydrogen (secondary N) is 3. The minimum atomic E-state index is -3.14. The highest BCUT2D eigenvalue weighted by Gasteiger charge is 2.06. The molecule has 0 saturated heterocycles. The topological polar surface area (TPSA) is 82.6 Å². The van der Waals surface area contributed by atoms with E-state index >= 15 is 0 Å². The van der Waals surface area contributed by atoms with Gasteiger partial charge in [0.1, 0.15) is 0 Å². The first kappa shape index (κ1) is 18.4. The second kappa shape index (κ2) is 9.42. The minimum Gasteiger partial charge on any atom is -0.355 e. The van der Waals surface area contributed by atoms with E-state index in [1.807, 2.05) is 18.2 Å². The molecule has 1 aromatic carbocycles. The van der Waals surface area contributed by atoms with Crippen LogP contribution in [0.25, 0.3) is 0 Å². The third-order valence-electron chi connectivity index (χ3n) is 3.10. The van der Waals surface area contributed by atoms with Crippen LogP contribution in [-0.4, -0.2) is 46.8 Å². The van der Waals surface area contributed by atoms with Gasteiger partial charge >= 0.3 is 0 Å². The van der Waals surface area contributed by atoms with Gasteiger partial charge in [0, 0.05) is 26.2 Å². The van der Waals surface area contributed by atoms with E-state index in [-0.39, 0.29) is 6.04 Å². The zero-order valence-electron chi connectivity index (χ0n) is 13.5. The van der Waals surface area contributed by atoms with Gasteiger partial charge in [-0.2, -0.15) is 0 Å². The van der Waals surface area contributed by atoms with Gasteiger partial charge in [-0.1, -0.05) is 30.3 Å². The predicted molar refractivity (Wildman–Crippen MR) is 91.6 cm³/mol. The standard InChI is InChI=1S/C15H26N4O2S/c1-13(9-10-14-7-5-4-6-8-14)19-15(16-2)17-11-12-18-22(3,20)21/h4-8,13,18H,9-12H2,1-3H3,(H2,16,17,19). The molecule has 0 bridgehead atoms. The Kier molecular flexibility index (Phi) is 7.90. The summed E-state index contributed by atoms with van der Waals surface area (Å²) in [6.07, 6.45) is 3.14. The molecule has 0 aliphatic rings. The molecule has 7 heteroatoms. The molecule has 0 aliphatic carbocycles. The first-order valence-electron chi connectivity index (χ1n) is 7.36. The van der Waals surface area contributed by atoms with Crippen LogP contribution in [0.4, 0.5) is 0 Å². The molecule has 0 radical (unpaired) electrons. The fourth-order valence-corrected chi connectivity index (χ4v) is 2.42. The summed E-state index contributed by atoms with van der Waals surface area (Å²) in [7, 11) is -1.44. The fourth-order valence-electron chi connectivity index (χ4n) is 1.95. The van der Waals surface area contributed by atoms with Gasteiger partial charge in [0.15, 0.2) is 5.96 Å². The van der Waals surface area contributed by atoms with Crippen molar-refractivity contribution in [3.63, 3.8) is 0 Å². The molecular formula is C15H26N4O2S. The van der Waals surface area contributed by atoms with Crippen molar-refractivity contribution in [3.05, 3.63) is 35.9 Å². The van der Waals surface area contributed by atoms with Gasteiger partial charge in [-0.25, -0.2) is 13.1 Å². The van der Waals surface area contributed by atoms with Crippen molar-refractivity contribution in [2.45, 2.75) is 25.8 Å². The maximum Gasteiger partial charge on any atom is 0.208 e. The van der Waals surface area contributed by atoms with Gasteiger partial charge in [0.2, 0.25) is 10.0 Å². The number of aryl methyl sites for hydroxylation is 1. The molecule has 0 aromatic heterocycles. The second-order valence-electron chi connectivity index (χ2n) is 5.24. The molecule has 0 heterocycles. The normalized spacial score (nSPS) is 13.7. The van der Waals surface area contributed by atoms with E-state index in [0.717, 1.165) is 19.1 Å². The summed E-state index contributed by atoms with van der Waals surface area (Å²) in [4.78, 5) is 4.13. The first-order valence-corrected chi connectivity index (χ1v) is 9.25. The van der Waals surface area contributed by atoms with Crippen molar-refractivity contribution >= 4 is 16.0 Å². The molecule has 0 fully saturated rings. The molecular weight excluding hydrogens is 300 g/mol. The van der Waals surface area contributed by atoms with Gasteiger partial charge in [0.25, 0.3) is 0 Å².